The standard InChI is InChI=1S/C15H15BrN2O2/c1-2-5-13-11(15(19)20)9-17-14(18-13)8-10-6-3-4-7-12(10)16/h3-4,6-7,9H,2,5,8H2,1H3,(H,19,20). The van der Waals surface area contributed by atoms with Gasteiger partial charge < -0.3 is 5.11 Å². The van der Waals surface area contributed by atoms with Gasteiger partial charge in [0, 0.05) is 17.1 Å². The van der Waals surface area contributed by atoms with Gasteiger partial charge in [-0.2, -0.15) is 0 Å². The Kier molecular flexibility index (Phi) is 4.84. The van der Waals surface area contributed by atoms with Crippen molar-refractivity contribution < 1.29 is 9.90 Å². The molecule has 104 valence electrons. The van der Waals surface area contributed by atoms with Gasteiger partial charge in [-0.15, -0.1) is 0 Å². The summed E-state index contributed by atoms with van der Waals surface area (Å²) < 4.78 is 1.00. The molecular weight excluding hydrogens is 320 g/mol. The first kappa shape index (κ1) is 14.7. The number of benzene rings is 1. The number of aromatic nitrogens is 2. The first-order chi connectivity index (χ1) is 9.61. The summed E-state index contributed by atoms with van der Waals surface area (Å²) in [6.07, 6.45) is 3.49. The lowest BCUT2D eigenvalue weighted by atomic mass is 10.1. The van der Waals surface area contributed by atoms with Crippen LogP contribution in [0.5, 0.6) is 0 Å². The summed E-state index contributed by atoms with van der Waals surface area (Å²) in [7, 11) is 0. The van der Waals surface area contributed by atoms with E-state index in [1.165, 1.54) is 6.20 Å². The molecule has 2 aromatic rings. The Morgan fingerprint density at radius 2 is 2.10 bits per heavy atom. The van der Waals surface area contributed by atoms with Crippen LogP contribution in [-0.2, 0) is 12.8 Å². The number of nitrogens with zero attached hydrogens (tertiary/aromatic N) is 2. The second-order valence-electron chi connectivity index (χ2n) is 4.47. The number of hydrogen-bond donors (Lipinski definition) is 1. The van der Waals surface area contributed by atoms with E-state index in [1.54, 1.807) is 0 Å². The average molecular weight is 335 g/mol. The molecule has 0 saturated heterocycles. The molecule has 0 fully saturated rings. The van der Waals surface area contributed by atoms with Crippen molar-refractivity contribution in [2.24, 2.45) is 0 Å². The monoisotopic (exact) mass is 334 g/mol. The predicted octanol–water partition coefficient (Wildman–Crippen LogP) is 3.48. The minimum atomic E-state index is -0.971. The zero-order valence-electron chi connectivity index (χ0n) is 11.1. The molecule has 0 aliphatic carbocycles. The first-order valence-corrected chi connectivity index (χ1v) is 7.22. The van der Waals surface area contributed by atoms with Gasteiger partial charge in [0.05, 0.1) is 11.3 Å². The molecule has 0 unspecified atom stereocenters. The minimum absolute atomic E-state index is 0.197. The van der Waals surface area contributed by atoms with Gasteiger partial charge in [0.2, 0.25) is 0 Å². The van der Waals surface area contributed by atoms with Crippen LogP contribution in [0.3, 0.4) is 0 Å². The normalized spacial score (nSPS) is 10.5. The second-order valence-corrected chi connectivity index (χ2v) is 5.32. The van der Waals surface area contributed by atoms with E-state index in [0.717, 1.165) is 16.5 Å². The summed E-state index contributed by atoms with van der Waals surface area (Å²) in [5.74, 6) is -0.328. The van der Waals surface area contributed by atoms with E-state index in [-0.39, 0.29) is 5.56 Å². The Labute approximate surface area is 126 Å². The summed E-state index contributed by atoms with van der Waals surface area (Å²) in [6.45, 7) is 2.00. The fourth-order valence-electron chi connectivity index (χ4n) is 1.96. The highest BCUT2D eigenvalue weighted by Gasteiger charge is 2.13. The molecule has 1 aromatic carbocycles. The third kappa shape index (κ3) is 3.42. The number of hydrogen-bond acceptors (Lipinski definition) is 3. The lowest BCUT2D eigenvalue weighted by Gasteiger charge is -2.07. The molecule has 1 aromatic heterocycles. The molecule has 20 heavy (non-hydrogen) atoms. The molecule has 0 atom stereocenters. The van der Waals surface area contributed by atoms with E-state index in [4.69, 9.17) is 5.11 Å². The van der Waals surface area contributed by atoms with Crippen molar-refractivity contribution in [2.45, 2.75) is 26.2 Å². The number of rotatable bonds is 5. The van der Waals surface area contributed by atoms with Gasteiger partial charge in [-0.3, -0.25) is 0 Å². The predicted molar refractivity (Wildman–Crippen MR) is 79.9 cm³/mol. The maximum absolute atomic E-state index is 11.1. The van der Waals surface area contributed by atoms with Gasteiger partial charge in [0.15, 0.2) is 0 Å². The second kappa shape index (κ2) is 6.61. The molecule has 0 aliphatic heterocycles. The van der Waals surface area contributed by atoms with Crippen molar-refractivity contribution in [3.8, 4) is 0 Å². The van der Waals surface area contributed by atoms with Crippen molar-refractivity contribution in [1.82, 2.24) is 9.97 Å². The highest BCUT2D eigenvalue weighted by molar-refractivity contribution is 9.10. The molecule has 0 aliphatic rings. The molecule has 2 rings (SSSR count). The number of carboxylic acids is 1. The molecular formula is C15H15BrN2O2. The zero-order chi connectivity index (χ0) is 14.5. The summed E-state index contributed by atoms with van der Waals surface area (Å²) >= 11 is 3.49. The summed E-state index contributed by atoms with van der Waals surface area (Å²) in [5, 5.41) is 9.13. The van der Waals surface area contributed by atoms with Gasteiger partial charge >= 0.3 is 5.97 Å². The number of carbonyl (C=O) groups is 1. The van der Waals surface area contributed by atoms with Crippen molar-refractivity contribution in [1.29, 1.82) is 0 Å². The van der Waals surface area contributed by atoms with Crippen LogP contribution in [0.2, 0.25) is 0 Å². The third-order valence-electron chi connectivity index (χ3n) is 2.94. The van der Waals surface area contributed by atoms with Crippen LogP contribution in [-0.4, -0.2) is 21.0 Å². The smallest absolute Gasteiger partial charge is 0.339 e. The quantitative estimate of drug-likeness (QED) is 0.909. The van der Waals surface area contributed by atoms with Gasteiger partial charge in [-0.25, -0.2) is 14.8 Å². The van der Waals surface area contributed by atoms with E-state index in [9.17, 15) is 4.79 Å². The summed E-state index contributed by atoms with van der Waals surface area (Å²) in [4.78, 5) is 19.7. The van der Waals surface area contributed by atoms with Gasteiger partial charge in [0.25, 0.3) is 0 Å². The summed E-state index contributed by atoms with van der Waals surface area (Å²) in [6, 6.07) is 7.87. The number of aryl methyl sites for hydroxylation is 1. The van der Waals surface area contributed by atoms with Crippen molar-refractivity contribution in [3.63, 3.8) is 0 Å². The average Bonchev–Trinajstić information content (AvgIpc) is 2.42. The van der Waals surface area contributed by atoms with Crippen molar-refractivity contribution in [2.75, 3.05) is 0 Å². The van der Waals surface area contributed by atoms with E-state index < -0.39 is 5.97 Å². The summed E-state index contributed by atoms with van der Waals surface area (Å²) in [5.41, 5.74) is 1.89. The fraction of sp³-hybridized carbons (Fsp3) is 0.267. The molecule has 0 bridgehead atoms. The number of halogens is 1. The zero-order valence-corrected chi connectivity index (χ0v) is 12.7. The highest BCUT2D eigenvalue weighted by atomic mass is 79.9. The van der Waals surface area contributed by atoms with Gasteiger partial charge in [-0.1, -0.05) is 47.5 Å². The van der Waals surface area contributed by atoms with Crippen LogP contribution in [0, 0.1) is 0 Å². The Morgan fingerprint density at radius 3 is 2.75 bits per heavy atom. The molecule has 0 amide bonds. The maximum Gasteiger partial charge on any atom is 0.339 e. The van der Waals surface area contributed by atoms with E-state index >= 15 is 0 Å². The number of carboxylic acid groups (broad SMARTS) is 1. The fourth-order valence-corrected chi connectivity index (χ4v) is 2.39. The molecule has 0 saturated carbocycles. The van der Waals surface area contributed by atoms with Gasteiger partial charge in [0.1, 0.15) is 5.82 Å². The molecule has 1 heterocycles. The number of aromatic carboxylic acids is 1. The van der Waals surface area contributed by atoms with E-state index in [2.05, 4.69) is 25.9 Å². The Hall–Kier alpha value is -1.75. The van der Waals surface area contributed by atoms with Crippen LogP contribution in [0.15, 0.2) is 34.9 Å². The lowest BCUT2D eigenvalue weighted by molar-refractivity contribution is 0.0694. The molecule has 0 radical (unpaired) electrons. The van der Waals surface area contributed by atoms with E-state index in [1.807, 2.05) is 31.2 Å². The molecule has 1 N–H and O–H groups in total. The Balaban J connectivity index is 2.32. The lowest BCUT2D eigenvalue weighted by Crippen LogP contribution is -2.09. The van der Waals surface area contributed by atoms with Crippen molar-refractivity contribution >= 4 is 21.9 Å². The molecule has 5 heteroatoms. The molecule has 0 spiro atoms. The Morgan fingerprint density at radius 1 is 1.35 bits per heavy atom. The first-order valence-electron chi connectivity index (χ1n) is 6.43. The van der Waals surface area contributed by atoms with E-state index in [0.29, 0.717) is 24.4 Å². The third-order valence-corrected chi connectivity index (χ3v) is 3.71. The van der Waals surface area contributed by atoms with Crippen molar-refractivity contribution in [3.05, 3.63) is 57.6 Å². The van der Waals surface area contributed by atoms with Crippen LogP contribution >= 0.6 is 15.9 Å². The topological polar surface area (TPSA) is 63.1 Å². The minimum Gasteiger partial charge on any atom is -0.478 e. The van der Waals surface area contributed by atoms with Crippen LogP contribution < -0.4 is 0 Å². The van der Waals surface area contributed by atoms with Crippen LogP contribution in [0.25, 0.3) is 0 Å². The largest absolute Gasteiger partial charge is 0.478 e. The highest BCUT2D eigenvalue weighted by Crippen LogP contribution is 2.19. The maximum atomic E-state index is 11.1. The molecule has 4 nitrogen and oxygen atoms in total. The van der Waals surface area contributed by atoms with Crippen LogP contribution in [0.4, 0.5) is 0 Å². The van der Waals surface area contributed by atoms with Crippen LogP contribution in [0.1, 0.15) is 40.8 Å². The van der Waals surface area contributed by atoms with Gasteiger partial charge in [-0.05, 0) is 18.1 Å². The SMILES string of the molecule is CCCc1nc(Cc2ccccc2Br)ncc1C(=O)O. The Bertz CT molecular complexity index is 629.